The molecule has 0 saturated heterocycles. The molecule has 3 nitrogen and oxygen atoms in total. The Morgan fingerprint density at radius 2 is 1.92 bits per heavy atom. The SMILES string of the molecule is CCOC(C(=O)O)c1c(C)ccc(C2CC2)c1-c1ccc(Cl)cc1. The van der Waals surface area contributed by atoms with Crippen LogP contribution >= 0.6 is 11.6 Å². The quantitative estimate of drug-likeness (QED) is 0.767. The van der Waals surface area contributed by atoms with Crippen LogP contribution in [0.3, 0.4) is 0 Å². The molecule has 3 rings (SSSR count). The molecule has 0 radical (unpaired) electrons. The number of hydrogen-bond donors (Lipinski definition) is 1. The molecular weight excluding hydrogens is 324 g/mol. The zero-order valence-electron chi connectivity index (χ0n) is 13.9. The smallest absolute Gasteiger partial charge is 0.337 e. The minimum atomic E-state index is -0.959. The van der Waals surface area contributed by atoms with Crippen LogP contribution in [0.4, 0.5) is 0 Å². The van der Waals surface area contributed by atoms with Gasteiger partial charge in [0.2, 0.25) is 0 Å². The van der Waals surface area contributed by atoms with E-state index in [9.17, 15) is 9.90 Å². The summed E-state index contributed by atoms with van der Waals surface area (Å²) >= 11 is 6.03. The molecule has 0 aliphatic heterocycles. The van der Waals surface area contributed by atoms with E-state index in [1.54, 1.807) is 0 Å². The first kappa shape index (κ1) is 17.0. The molecule has 1 N–H and O–H groups in total. The Morgan fingerprint density at radius 1 is 1.25 bits per heavy atom. The molecule has 24 heavy (non-hydrogen) atoms. The number of hydrogen-bond acceptors (Lipinski definition) is 2. The topological polar surface area (TPSA) is 46.5 Å². The van der Waals surface area contributed by atoms with Gasteiger partial charge in [0.25, 0.3) is 0 Å². The third-order valence-electron chi connectivity index (χ3n) is 4.47. The minimum Gasteiger partial charge on any atom is -0.479 e. The van der Waals surface area contributed by atoms with Gasteiger partial charge in [-0.25, -0.2) is 4.79 Å². The van der Waals surface area contributed by atoms with E-state index in [2.05, 4.69) is 6.07 Å². The van der Waals surface area contributed by atoms with E-state index >= 15 is 0 Å². The molecule has 1 aliphatic carbocycles. The summed E-state index contributed by atoms with van der Waals surface area (Å²) in [6, 6.07) is 11.7. The lowest BCUT2D eigenvalue weighted by Gasteiger charge is -2.22. The Morgan fingerprint density at radius 3 is 2.46 bits per heavy atom. The lowest BCUT2D eigenvalue weighted by molar-refractivity contribution is -0.150. The van der Waals surface area contributed by atoms with Crippen LogP contribution in [0.15, 0.2) is 36.4 Å². The molecule has 1 fully saturated rings. The number of carboxylic acid groups (broad SMARTS) is 1. The van der Waals surface area contributed by atoms with Gasteiger partial charge >= 0.3 is 5.97 Å². The normalized spacial score (nSPS) is 15.3. The van der Waals surface area contributed by atoms with E-state index in [0.717, 1.165) is 35.1 Å². The van der Waals surface area contributed by atoms with Crippen molar-refractivity contribution in [3.8, 4) is 11.1 Å². The van der Waals surface area contributed by atoms with Gasteiger partial charge in [0, 0.05) is 17.2 Å². The largest absolute Gasteiger partial charge is 0.479 e. The number of carboxylic acids is 1. The summed E-state index contributed by atoms with van der Waals surface area (Å²) in [5.41, 5.74) is 4.89. The van der Waals surface area contributed by atoms with Crippen molar-refractivity contribution in [1.29, 1.82) is 0 Å². The van der Waals surface area contributed by atoms with Crippen LogP contribution in [0.1, 0.15) is 48.5 Å². The molecule has 1 atom stereocenters. The van der Waals surface area contributed by atoms with Crippen LogP contribution in [0, 0.1) is 6.92 Å². The molecule has 2 aromatic rings. The van der Waals surface area contributed by atoms with Crippen molar-refractivity contribution in [1.82, 2.24) is 0 Å². The number of rotatable bonds is 6. The Balaban J connectivity index is 2.24. The van der Waals surface area contributed by atoms with Crippen molar-refractivity contribution >= 4 is 17.6 Å². The van der Waals surface area contributed by atoms with Gasteiger partial charge in [-0.2, -0.15) is 0 Å². The fourth-order valence-electron chi connectivity index (χ4n) is 3.20. The summed E-state index contributed by atoms with van der Waals surface area (Å²) < 4.78 is 5.59. The standard InChI is InChI=1S/C20H21ClO3/c1-3-24-19(20(22)23)17-12(2)4-11-16(13-5-6-13)18(17)14-7-9-15(21)10-8-14/h4,7-11,13,19H,3,5-6H2,1-2H3,(H,22,23). The highest BCUT2D eigenvalue weighted by Crippen LogP contribution is 2.47. The fourth-order valence-corrected chi connectivity index (χ4v) is 3.32. The number of aliphatic carboxylic acids is 1. The first-order chi connectivity index (χ1) is 11.5. The molecule has 0 amide bonds. The summed E-state index contributed by atoms with van der Waals surface area (Å²) in [5.74, 6) is -0.450. The van der Waals surface area contributed by atoms with Crippen molar-refractivity contribution in [2.75, 3.05) is 6.61 Å². The highest BCUT2D eigenvalue weighted by atomic mass is 35.5. The van der Waals surface area contributed by atoms with E-state index in [0.29, 0.717) is 17.5 Å². The third-order valence-corrected chi connectivity index (χ3v) is 4.72. The van der Waals surface area contributed by atoms with Gasteiger partial charge < -0.3 is 9.84 Å². The van der Waals surface area contributed by atoms with Gasteiger partial charge in [-0.1, -0.05) is 35.9 Å². The Kier molecular flexibility index (Phi) is 4.93. The number of carbonyl (C=O) groups is 1. The van der Waals surface area contributed by atoms with E-state index in [4.69, 9.17) is 16.3 Å². The third kappa shape index (κ3) is 3.33. The summed E-state index contributed by atoms with van der Waals surface area (Å²) in [6.07, 6.45) is 1.34. The van der Waals surface area contributed by atoms with Crippen LogP contribution < -0.4 is 0 Å². The van der Waals surface area contributed by atoms with E-state index in [1.165, 1.54) is 5.56 Å². The zero-order valence-corrected chi connectivity index (χ0v) is 14.6. The van der Waals surface area contributed by atoms with Gasteiger partial charge in [0.1, 0.15) is 0 Å². The van der Waals surface area contributed by atoms with Gasteiger partial charge in [-0.3, -0.25) is 0 Å². The van der Waals surface area contributed by atoms with Gasteiger partial charge in [-0.05, 0) is 67.0 Å². The van der Waals surface area contributed by atoms with E-state index in [1.807, 2.05) is 44.2 Å². The average molecular weight is 345 g/mol. The second-order valence-electron chi connectivity index (χ2n) is 6.22. The van der Waals surface area contributed by atoms with Gasteiger partial charge in [0.15, 0.2) is 6.10 Å². The molecule has 0 aromatic heterocycles. The molecule has 0 heterocycles. The first-order valence-electron chi connectivity index (χ1n) is 8.26. The Hall–Kier alpha value is -1.84. The maximum atomic E-state index is 11.8. The number of halogens is 1. The summed E-state index contributed by atoms with van der Waals surface area (Å²) in [5, 5.41) is 10.4. The van der Waals surface area contributed by atoms with Crippen molar-refractivity contribution < 1.29 is 14.6 Å². The van der Waals surface area contributed by atoms with Crippen LogP contribution in [-0.2, 0) is 9.53 Å². The second kappa shape index (κ2) is 6.96. The predicted octanol–water partition coefficient (Wildman–Crippen LogP) is 5.36. The predicted molar refractivity (Wildman–Crippen MR) is 95.6 cm³/mol. The molecule has 1 aliphatic rings. The lowest BCUT2D eigenvalue weighted by Crippen LogP contribution is -2.18. The van der Waals surface area contributed by atoms with Crippen molar-refractivity contribution in [2.45, 2.75) is 38.7 Å². The first-order valence-corrected chi connectivity index (χ1v) is 8.64. The van der Waals surface area contributed by atoms with Crippen molar-refractivity contribution in [3.05, 3.63) is 58.1 Å². The molecule has 2 aromatic carbocycles. The van der Waals surface area contributed by atoms with E-state index in [-0.39, 0.29) is 0 Å². The van der Waals surface area contributed by atoms with Gasteiger partial charge in [-0.15, -0.1) is 0 Å². The molecule has 0 bridgehead atoms. The Bertz CT molecular complexity index is 748. The number of benzene rings is 2. The maximum absolute atomic E-state index is 11.8. The zero-order chi connectivity index (χ0) is 17.3. The molecular formula is C20H21ClO3. The minimum absolute atomic E-state index is 0.351. The van der Waals surface area contributed by atoms with Crippen molar-refractivity contribution in [2.24, 2.45) is 0 Å². The van der Waals surface area contributed by atoms with Crippen LogP contribution in [0.2, 0.25) is 5.02 Å². The molecule has 126 valence electrons. The monoisotopic (exact) mass is 344 g/mol. The van der Waals surface area contributed by atoms with Crippen LogP contribution in [-0.4, -0.2) is 17.7 Å². The molecule has 0 spiro atoms. The molecule has 4 heteroatoms. The molecule has 1 unspecified atom stereocenters. The van der Waals surface area contributed by atoms with Gasteiger partial charge in [0.05, 0.1) is 0 Å². The number of aryl methyl sites for hydroxylation is 1. The average Bonchev–Trinajstić information content (AvgIpc) is 3.38. The fraction of sp³-hybridized carbons (Fsp3) is 0.350. The number of ether oxygens (including phenoxy) is 1. The molecule has 1 saturated carbocycles. The highest BCUT2D eigenvalue weighted by Gasteiger charge is 2.32. The highest BCUT2D eigenvalue weighted by molar-refractivity contribution is 6.30. The van der Waals surface area contributed by atoms with E-state index < -0.39 is 12.1 Å². The summed E-state index contributed by atoms with van der Waals surface area (Å²) in [7, 11) is 0. The Labute approximate surface area is 147 Å². The van der Waals surface area contributed by atoms with Crippen LogP contribution in [0.25, 0.3) is 11.1 Å². The lowest BCUT2D eigenvalue weighted by atomic mass is 9.86. The van der Waals surface area contributed by atoms with Crippen LogP contribution in [0.5, 0.6) is 0 Å². The summed E-state index contributed by atoms with van der Waals surface area (Å²) in [6.45, 7) is 4.11. The summed E-state index contributed by atoms with van der Waals surface area (Å²) in [4.78, 5) is 11.8. The maximum Gasteiger partial charge on any atom is 0.337 e. The van der Waals surface area contributed by atoms with Crippen molar-refractivity contribution in [3.63, 3.8) is 0 Å². The second-order valence-corrected chi connectivity index (χ2v) is 6.65.